The number of aryl methyl sites for hydroxylation is 2. The molecule has 1 aromatic carbocycles. The van der Waals surface area contributed by atoms with Crippen molar-refractivity contribution in [3.8, 4) is 0 Å². The number of hydrogen-bond acceptors (Lipinski definition) is 3. The zero-order valence-electron chi connectivity index (χ0n) is 12.3. The summed E-state index contributed by atoms with van der Waals surface area (Å²) < 4.78 is 42.0. The van der Waals surface area contributed by atoms with Gasteiger partial charge >= 0.3 is 5.97 Å². The smallest absolute Gasteiger partial charge is 0.352 e. The second-order valence-corrected chi connectivity index (χ2v) is 7.25. The predicted molar refractivity (Wildman–Crippen MR) is 80.2 cm³/mol. The number of nitrogens with zero attached hydrogens (tertiary/aromatic N) is 1. The molecule has 2 aromatic rings. The minimum Gasteiger partial charge on any atom is -0.477 e. The van der Waals surface area contributed by atoms with Gasteiger partial charge in [0.1, 0.15) is 16.4 Å². The molecule has 1 atom stereocenters. The molecule has 0 saturated carbocycles. The third kappa shape index (κ3) is 2.87. The van der Waals surface area contributed by atoms with Crippen LogP contribution in [0.2, 0.25) is 0 Å². The van der Waals surface area contributed by atoms with Gasteiger partial charge in [-0.05, 0) is 42.2 Å². The van der Waals surface area contributed by atoms with Crippen LogP contribution in [0.15, 0.2) is 35.4 Å². The van der Waals surface area contributed by atoms with Crippen LogP contribution in [0.1, 0.15) is 34.1 Å². The molecular weight excluding hydrogens is 323 g/mol. The molecule has 0 fully saturated rings. The number of carboxylic acid groups (broad SMARTS) is 1. The van der Waals surface area contributed by atoms with E-state index in [2.05, 4.69) is 4.72 Å². The van der Waals surface area contributed by atoms with Crippen LogP contribution in [-0.4, -0.2) is 24.1 Å². The molecule has 1 aliphatic rings. The number of hydrogen-bond donors (Lipinski definition) is 2. The maximum absolute atomic E-state index is 13.2. The lowest BCUT2D eigenvalue weighted by Gasteiger charge is -2.13. The summed E-state index contributed by atoms with van der Waals surface area (Å²) in [6.45, 7) is 0. The van der Waals surface area contributed by atoms with Crippen LogP contribution < -0.4 is 4.72 Å². The van der Waals surface area contributed by atoms with Gasteiger partial charge in [0.15, 0.2) is 0 Å². The molecule has 122 valence electrons. The summed E-state index contributed by atoms with van der Waals surface area (Å²) in [5.74, 6) is -1.54. The summed E-state index contributed by atoms with van der Waals surface area (Å²) in [7, 11) is -2.39. The molecule has 0 saturated heterocycles. The summed E-state index contributed by atoms with van der Waals surface area (Å²) in [6.07, 6.45) is 2.39. The highest BCUT2D eigenvalue weighted by Crippen LogP contribution is 2.32. The molecule has 2 N–H and O–H groups in total. The van der Waals surface area contributed by atoms with Crippen LogP contribution in [0.4, 0.5) is 4.39 Å². The number of carboxylic acids is 1. The SMILES string of the molecule is Cn1cc(S(=O)(=O)N[C@@H]2CCc3cc(F)ccc32)cc1C(=O)O. The van der Waals surface area contributed by atoms with E-state index in [-0.39, 0.29) is 16.4 Å². The Morgan fingerprint density at radius 2 is 2.13 bits per heavy atom. The zero-order valence-corrected chi connectivity index (χ0v) is 13.1. The summed E-state index contributed by atoms with van der Waals surface area (Å²) in [6, 6.07) is 4.97. The lowest BCUT2D eigenvalue weighted by atomic mass is 10.1. The Morgan fingerprint density at radius 1 is 1.39 bits per heavy atom. The summed E-state index contributed by atoms with van der Waals surface area (Å²) in [4.78, 5) is 10.9. The van der Waals surface area contributed by atoms with E-state index in [1.54, 1.807) is 6.07 Å². The first-order chi connectivity index (χ1) is 10.8. The van der Waals surface area contributed by atoms with E-state index in [1.165, 1.54) is 29.9 Å². The van der Waals surface area contributed by atoms with E-state index >= 15 is 0 Å². The molecule has 0 radical (unpaired) electrons. The van der Waals surface area contributed by atoms with Gasteiger partial charge in [-0.15, -0.1) is 0 Å². The van der Waals surface area contributed by atoms with Crippen LogP contribution >= 0.6 is 0 Å². The van der Waals surface area contributed by atoms with Gasteiger partial charge in [0.25, 0.3) is 0 Å². The molecule has 1 heterocycles. The quantitative estimate of drug-likeness (QED) is 0.890. The molecular formula is C15H15FN2O4S. The van der Waals surface area contributed by atoms with E-state index in [1.807, 2.05) is 0 Å². The number of rotatable bonds is 4. The van der Waals surface area contributed by atoms with Gasteiger partial charge in [-0.1, -0.05) is 6.07 Å². The molecule has 3 rings (SSSR count). The molecule has 0 spiro atoms. The van der Waals surface area contributed by atoms with Crippen molar-refractivity contribution in [2.45, 2.75) is 23.8 Å². The number of benzene rings is 1. The summed E-state index contributed by atoms with van der Waals surface area (Å²) >= 11 is 0. The van der Waals surface area contributed by atoms with Gasteiger partial charge in [0.2, 0.25) is 10.0 Å². The number of carbonyl (C=O) groups is 1. The van der Waals surface area contributed by atoms with Crippen molar-refractivity contribution in [3.63, 3.8) is 0 Å². The summed E-state index contributed by atoms with van der Waals surface area (Å²) in [5, 5.41) is 9.01. The van der Waals surface area contributed by atoms with Crippen LogP contribution in [0.3, 0.4) is 0 Å². The van der Waals surface area contributed by atoms with Crippen LogP contribution in [0.5, 0.6) is 0 Å². The molecule has 23 heavy (non-hydrogen) atoms. The van der Waals surface area contributed by atoms with E-state index in [9.17, 15) is 17.6 Å². The molecule has 8 heteroatoms. The Bertz CT molecular complexity index is 889. The first kappa shape index (κ1) is 15.7. The Kier molecular flexibility index (Phi) is 3.73. The lowest BCUT2D eigenvalue weighted by Crippen LogP contribution is -2.27. The van der Waals surface area contributed by atoms with Crippen molar-refractivity contribution in [1.29, 1.82) is 0 Å². The molecule has 0 amide bonds. The minimum atomic E-state index is -3.86. The third-order valence-electron chi connectivity index (χ3n) is 3.99. The van der Waals surface area contributed by atoms with E-state index < -0.39 is 22.0 Å². The van der Waals surface area contributed by atoms with Gasteiger partial charge in [0, 0.05) is 19.3 Å². The second-order valence-electron chi connectivity index (χ2n) is 5.53. The van der Waals surface area contributed by atoms with Crippen molar-refractivity contribution in [2.24, 2.45) is 7.05 Å². The highest BCUT2D eigenvalue weighted by atomic mass is 32.2. The molecule has 1 aliphatic carbocycles. The van der Waals surface area contributed by atoms with E-state index in [0.29, 0.717) is 12.8 Å². The second kappa shape index (κ2) is 5.47. The fourth-order valence-corrected chi connectivity index (χ4v) is 4.18. The zero-order chi connectivity index (χ0) is 16.8. The Labute approximate surface area is 132 Å². The molecule has 1 aromatic heterocycles. The molecule has 6 nitrogen and oxygen atoms in total. The maximum Gasteiger partial charge on any atom is 0.352 e. The van der Waals surface area contributed by atoms with Crippen molar-refractivity contribution in [2.75, 3.05) is 0 Å². The Balaban J connectivity index is 1.89. The monoisotopic (exact) mass is 338 g/mol. The standard InChI is InChI=1S/C15H15FN2O4S/c1-18-8-11(7-14(18)15(19)20)23(21,22)17-13-5-2-9-6-10(16)3-4-12(9)13/h3-4,6-8,13,17H,2,5H2,1H3,(H,19,20)/t13-/m1/s1. The highest BCUT2D eigenvalue weighted by molar-refractivity contribution is 7.89. The summed E-state index contributed by atoms with van der Waals surface area (Å²) in [5.41, 5.74) is 1.43. The molecule has 0 aliphatic heterocycles. The first-order valence-corrected chi connectivity index (χ1v) is 8.46. The Hall–Kier alpha value is -2.19. The van der Waals surface area contributed by atoms with E-state index in [0.717, 1.165) is 17.2 Å². The number of aromatic carboxylic acids is 1. The largest absolute Gasteiger partial charge is 0.477 e. The van der Waals surface area contributed by atoms with Gasteiger partial charge in [-0.3, -0.25) is 0 Å². The van der Waals surface area contributed by atoms with Gasteiger partial charge in [-0.2, -0.15) is 0 Å². The number of halogens is 1. The average molecular weight is 338 g/mol. The Morgan fingerprint density at radius 3 is 2.78 bits per heavy atom. The molecule has 0 bridgehead atoms. The van der Waals surface area contributed by atoms with Crippen molar-refractivity contribution in [3.05, 3.63) is 53.1 Å². The van der Waals surface area contributed by atoms with Crippen LogP contribution in [-0.2, 0) is 23.5 Å². The number of aromatic nitrogens is 1. The first-order valence-electron chi connectivity index (χ1n) is 6.98. The topological polar surface area (TPSA) is 88.4 Å². The average Bonchev–Trinajstić information content (AvgIpc) is 3.03. The van der Waals surface area contributed by atoms with E-state index in [4.69, 9.17) is 5.11 Å². The third-order valence-corrected chi connectivity index (χ3v) is 5.43. The van der Waals surface area contributed by atoms with Crippen molar-refractivity contribution >= 4 is 16.0 Å². The normalized spacial score (nSPS) is 17.2. The minimum absolute atomic E-state index is 0.104. The van der Waals surface area contributed by atoms with Gasteiger partial charge in [0.05, 0.1) is 0 Å². The molecule has 0 unspecified atom stereocenters. The fraction of sp³-hybridized carbons (Fsp3) is 0.267. The number of nitrogens with one attached hydrogen (secondary N) is 1. The van der Waals surface area contributed by atoms with Crippen molar-refractivity contribution < 1.29 is 22.7 Å². The van der Waals surface area contributed by atoms with Crippen LogP contribution in [0, 0.1) is 5.82 Å². The van der Waals surface area contributed by atoms with Gasteiger partial charge < -0.3 is 9.67 Å². The lowest BCUT2D eigenvalue weighted by molar-refractivity contribution is 0.0686. The number of sulfonamides is 1. The van der Waals surface area contributed by atoms with Gasteiger partial charge in [-0.25, -0.2) is 22.3 Å². The van der Waals surface area contributed by atoms with Crippen molar-refractivity contribution in [1.82, 2.24) is 9.29 Å². The maximum atomic E-state index is 13.2. The predicted octanol–water partition coefficient (Wildman–Crippen LogP) is 1.83. The highest BCUT2D eigenvalue weighted by Gasteiger charge is 2.29. The van der Waals surface area contributed by atoms with Crippen LogP contribution in [0.25, 0.3) is 0 Å². The number of fused-ring (bicyclic) bond motifs is 1. The fourth-order valence-electron chi connectivity index (χ4n) is 2.86.